The number of halogens is 3. The Morgan fingerprint density at radius 1 is 0.868 bits per heavy atom. The van der Waals surface area contributed by atoms with Crippen molar-refractivity contribution in [2.75, 3.05) is 36.5 Å². The van der Waals surface area contributed by atoms with Crippen molar-refractivity contribution in [2.45, 2.75) is 20.0 Å². The van der Waals surface area contributed by atoms with E-state index in [-0.39, 0.29) is 28.3 Å². The summed E-state index contributed by atoms with van der Waals surface area (Å²) in [5.41, 5.74) is 1.25. The molecule has 3 aromatic rings. The van der Waals surface area contributed by atoms with Gasteiger partial charge in [0.1, 0.15) is 11.5 Å². The van der Waals surface area contributed by atoms with E-state index in [1.165, 1.54) is 30.3 Å². The molecule has 38 heavy (non-hydrogen) atoms. The van der Waals surface area contributed by atoms with Gasteiger partial charge in [-0.3, -0.25) is 4.79 Å². The van der Waals surface area contributed by atoms with Crippen LogP contribution in [0.5, 0.6) is 11.5 Å². The van der Waals surface area contributed by atoms with E-state index in [9.17, 15) is 27.9 Å². The average molecular weight is 533 g/mol. The first-order valence-electron chi connectivity index (χ1n) is 11.5. The van der Waals surface area contributed by atoms with Crippen LogP contribution >= 0.6 is 0 Å². The molecule has 3 aromatic carbocycles. The minimum atomic E-state index is -4.52. The number of benzene rings is 3. The fourth-order valence-corrected chi connectivity index (χ4v) is 3.58. The zero-order valence-corrected chi connectivity index (χ0v) is 20.7. The van der Waals surface area contributed by atoms with Crippen LogP contribution in [0, 0.1) is 13.8 Å². The van der Waals surface area contributed by atoms with E-state index in [1.54, 1.807) is 26.0 Å². The summed E-state index contributed by atoms with van der Waals surface area (Å²) in [5.74, 6) is -1.66. The molecule has 1 fully saturated rings. The number of aryl methyl sites for hydroxylation is 2. The van der Waals surface area contributed by atoms with Crippen LogP contribution in [0.25, 0.3) is 0 Å². The Balaban J connectivity index is 0.000000304. The van der Waals surface area contributed by atoms with Crippen molar-refractivity contribution in [3.63, 3.8) is 0 Å². The predicted molar refractivity (Wildman–Crippen MR) is 135 cm³/mol. The monoisotopic (exact) mass is 532 g/mol. The molecular weight excluding hydrogens is 505 g/mol. The molecule has 1 aliphatic rings. The van der Waals surface area contributed by atoms with Crippen molar-refractivity contribution < 1.29 is 42.8 Å². The number of amides is 1. The van der Waals surface area contributed by atoms with E-state index < -0.39 is 23.6 Å². The van der Waals surface area contributed by atoms with Crippen molar-refractivity contribution in [3.8, 4) is 11.5 Å². The fraction of sp³-hybridized carbons (Fsp3) is 0.259. The molecule has 0 unspecified atom stereocenters. The van der Waals surface area contributed by atoms with Gasteiger partial charge in [0.15, 0.2) is 0 Å². The average Bonchev–Trinajstić information content (AvgIpc) is 2.87. The molecule has 0 atom stereocenters. The Bertz CT molecular complexity index is 1320. The second-order valence-electron chi connectivity index (χ2n) is 8.59. The summed E-state index contributed by atoms with van der Waals surface area (Å²) in [5, 5.41) is 29.9. The molecule has 0 spiro atoms. The highest BCUT2D eigenvalue weighted by Gasteiger charge is 2.32. The summed E-state index contributed by atoms with van der Waals surface area (Å²) in [4.78, 5) is 24.7. The van der Waals surface area contributed by atoms with Crippen LogP contribution in [0.3, 0.4) is 0 Å². The van der Waals surface area contributed by atoms with Crippen molar-refractivity contribution in [3.05, 3.63) is 82.4 Å². The number of morpholine rings is 1. The first kappa shape index (κ1) is 28.3. The van der Waals surface area contributed by atoms with Crippen LogP contribution in [-0.4, -0.2) is 53.5 Å². The largest absolute Gasteiger partial charge is 0.508 e. The second-order valence-corrected chi connectivity index (χ2v) is 8.59. The maximum Gasteiger partial charge on any atom is 0.416 e. The Hall–Kier alpha value is -4.25. The summed E-state index contributed by atoms with van der Waals surface area (Å²) in [6.07, 6.45) is -4.52. The lowest BCUT2D eigenvalue weighted by molar-refractivity contribution is -0.137. The molecule has 1 aliphatic heterocycles. The Morgan fingerprint density at radius 3 is 1.95 bits per heavy atom. The molecule has 1 amide bonds. The van der Waals surface area contributed by atoms with Crippen LogP contribution < -0.4 is 10.2 Å². The number of alkyl halides is 3. The van der Waals surface area contributed by atoms with Gasteiger partial charge in [-0.25, -0.2) is 4.79 Å². The van der Waals surface area contributed by atoms with Crippen LogP contribution in [0.1, 0.15) is 37.4 Å². The number of nitrogens with one attached hydrogen (secondary N) is 1. The molecular formula is C27H27F3N2O6. The number of phenols is 2. The van der Waals surface area contributed by atoms with Gasteiger partial charge in [-0.15, -0.1) is 0 Å². The Kier molecular flexibility index (Phi) is 8.84. The molecule has 4 rings (SSSR count). The number of phenolic OH excluding ortho intramolecular Hbond substituents is 2. The molecule has 0 saturated carbocycles. The van der Waals surface area contributed by atoms with Crippen molar-refractivity contribution >= 4 is 23.3 Å². The van der Waals surface area contributed by atoms with E-state index in [4.69, 9.17) is 14.9 Å². The number of carboxylic acid groups (broad SMARTS) is 1. The van der Waals surface area contributed by atoms with Crippen molar-refractivity contribution in [1.29, 1.82) is 0 Å². The second kappa shape index (κ2) is 11.9. The van der Waals surface area contributed by atoms with Gasteiger partial charge in [0.05, 0.1) is 35.7 Å². The van der Waals surface area contributed by atoms with Gasteiger partial charge in [0.2, 0.25) is 0 Å². The van der Waals surface area contributed by atoms with Crippen LogP contribution in [-0.2, 0) is 10.9 Å². The Labute approximate surface area is 216 Å². The summed E-state index contributed by atoms with van der Waals surface area (Å²) < 4.78 is 44.6. The lowest BCUT2D eigenvalue weighted by Gasteiger charge is -2.31. The fourth-order valence-electron chi connectivity index (χ4n) is 3.58. The number of carboxylic acids is 1. The van der Waals surface area contributed by atoms with Gasteiger partial charge in [-0.1, -0.05) is 12.1 Å². The number of ether oxygens (including phenoxy) is 1. The third-order valence-electron chi connectivity index (χ3n) is 5.85. The third-order valence-corrected chi connectivity index (χ3v) is 5.85. The molecule has 11 heteroatoms. The predicted octanol–water partition coefficient (Wildman–Crippen LogP) is 5.21. The summed E-state index contributed by atoms with van der Waals surface area (Å²) >= 11 is 0. The smallest absolute Gasteiger partial charge is 0.416 e. The number of rotatable bonds is 4. The summed E-state index contributed by atoms with van der Waals surface area (Å²) in [7, 11) is 0. The van der Waals surface area contributed by atoms with E-state index in [0.29, 0.717) is 43.1 Å². The summed E-state index contributed by atoms with van der Waals surface area (Å²) in [6, 6.07) is 11.9. The van der Waals surface area contributed by atoms with Gasteiger partial charge in [0.25, 0.3) is 5.91 Å². The lowest BCUT2D eigenvalue weighted by Crippen LogP contribution is -2.36. The van der Waals surface area contributed by atoms with Gasteiger partial charge >= 0.3 is 12.1 Å². The first-order chi connectivity index (χ1) is 17.9. The van der Waals surface area contributed by atoms with Crippen LogP contribution in [0.2, 0.25) is 0 Å². The van der Waals surface area contributed by atoms with E-state index >= 15 is 0 Å². The molecule has 1 heterocycles. The third kappa shape index (κ3) is 7.16. The highest BCUT2D eigenvalue weighted by Crippen LogP contribution is 2.36. The van der Waals surface area contributed by atoms with Gasteiger partial charge in [0, 0.05) is 18.7 Å². The molecule has 0 radical (unpaired) electrons. The zero-order valence-electron chi connectivity index (χ0n) is 20.7. The Morgan fingerprint density at radius 2 is 1.42 bits per heavy atom. The minimum absolute atomic E-state index is 0.0184. The SMILES string of the molecule is Cc1ccc(C(=O)Nc2cc(C(F)(F)F)ccc2N2CCOCC2)cc1O.Cc1ccc(C(=O)O)cc1O. The molecule has 202 valence electrons. The van der Waals surface area contributed by atoms with Crippen LogP contribution in [0.4, 0.5) is 24.5 Å². The number of hydrogen-bond donors (Lipinski definition) is 4. The van der Waals surface area contributed by atoms with Crippen molar-refractivity contribution in [1.82, 2.24) is 0 Å². The zero-order chi connectivity index (χ0) is 28.0. The number of carbonyl (C=O) groups excluding carboxylic acids is 1. The number of anilines is 2. The summed E-state index contributed by atoms with van der Waals surface area (Å²) in [6.45, 7) is 5.33. The quantitative estimate of drug-likeness (QED) is 0.364. The van der Waals surface area contributed by atoms with Gasteiger partial charge < -0.3 is 30.3 Å². The number of aromatic carboxylic acids is 1. The number of aromatic hydroxyl groups is 2. The standard InChI is InChI=1S/C19H19F3N2O3.C8H8O3/c1-12-2-3-13(10-17(12)25)18(26)23-15-11-14(19(20,21)22)4-5-16(15)24-6-8-27-9-7-24;1-5-2-3-6(8(10)11)4-7(5)9/h2-5,10-11,25H,6-9H2,1H3,(H,23,26);2-4,9H,1H3,(H,10,11). The highest BCUT2D eigenvalue weighted by molar-refractivity contribution is 6.06. The normalized spacial score (nSPS) is 13.3. The lowest BCUT2D eigenvalue weighted by atomic mass is 10.1. The topological polar surface area (TPSA) is 119 Å². The number of hydrogen-bond acceptors (Lipinski definition) is 6. The number of nitrogens with zero attached hydrogens (tertiary/aromatic N) is 1. The molecule has 0 aromatic heterocycles. The maximum absolute atomic E-state index is 13.1. The van der Waals surface area contributed by atoms with Gasteiger partial charge in [-0.05, 0) is 67.4 Å². The molecule has 0 bridgehead atoms. The molecule has 4 N–H and O–H groups in total. The van der Waals surface area contributed by atoms with E-state index in [1.807, 2.05) is 4.90 Å². The molecule has 0 aliphatic carbocycles. The van der Waals surface area contributed by atoms with Crippen LogP contribution in [0.15, 0.2) is 54.6 Å². The minimum Gasteiger partial charge on any atom is -0.508 e. The molecule has 1 saturated heterocycles. The maximum atomic E-state index is 13.1. The highest BCUT2D eigenvalue weighted by atomic mass is 19.4. The van der Waals surface area contributed by atoms with Gasteiger partial charge in [-0.2, -0.15) is 13.2 Å². The van der Waals surface area contributed by atoms with Crippen molar-refractivity contribution in [2.24, 2.45) is 0 Å². The van der Waals surface area contributed by atoms with E-state index in [0.717, 1.165) is 12.1 Å². The molecule has 8 nitrogen and oxygen atoms in total. The first-order valence-corrected chi connectivity index (χ1v) is 11.5. The van der Waals surface area contributed by atoms with E-state index in [2.05, 4.69) is 5.32 Å². The number of carbonyl (C=O) groups is 2.